The van der Waals surface area contributed by atoms with Gasteiger partial charge in [0.25, 0.3) is 0 Å². The Morgan fingerprint density at radius 3 is 2.86 bits per heavy atom. The molecule has 0 aliphatic carbocycles. The molecule has 0 unspecified atom stereocenters. The molecular formula is C15H21N3O3. The van der Waals surface area contributed by atoms with Crippen LogP contribution in [0.5, 0.6) is 0 Å². The second-order valence-electron chi connectivity index (χ2n) is 5.80. The summed E-state index contributed by atoms with van der Waals surface area (Å²) in [6.07, 6.45) is 4.68. The van der Waals surface area contributed by atoms with Gasteiger partial charge in [-0.3, -0.25) is 9.88 Å². The fourth-order valence-corrected chi connectivity index (χ4v) is 1.99. The zero-order chi connectivity index (χ0) is 15.5. The van der Waals surface area contributed by atoms with Gasteiger partial charge >= 0.3 is 6.09 Å². The Hall–Kier alpha value is -2.08. The van der Waals surface area contributed by atoms with Crippen molar-refractivity contribution < 1.29 is 14.3 Å². The van der Waals surface area contributed by atoms with Crippen molar-refractivity contribution in [2.45, 2.75) is 26.4 Å². The molecule has 2 heterocycles. The Morgan fingerprint density at radius 1 is 1.43 bits per heavy atom. The minimum Gasteiger partial charge on any atom is -0.443 e. The van der Waals surface area contributed by atoms with Gasteiger partial charge in [-0.15, -0.1) is 0 Å². The van der Waals surface area contributed by atoms with Crippen LogP contribution in [-0.2, 0) is 9.47 Å². The molecule has 0 saturated carbocycles. The summed E-state index contributed by atoms with van der Waals surface area (Å²) in [4.78, 5) is 18.0. The van der Waals surface area contributed by atoms with E-state index >= 15 is 0 Å². The third-order valence-electron chi connectivity index (χ3n) is 2.81. The molecule has 1 aliphatic rings. The smallest absolute Gasteiger partial charge is 0.414 e. The van der Waals surface area contributed by atoms with Gasteiger partial charge in [0.05, 0.1) is 31.1 Å². The highest BCUT2D eigenvalue weighted by Gasteiger charge is 2.26. The molecule has 1 amide bonds. The number of rotatable bonds is 1. The predicted octanol–water partition coefficient (Wildman–Crippen LogP) is 2.27. The summed E-state index contributed by atoms with van der Waals surface area (Å²) >= 11 is 0. The maximum atomic E-state index is 12.4. The van der Waals surface area contributed by atoms with Crippen molar-refractivity contribution in [1.29, 1.82) is 0 Å². The van der Waals surface area contributed by atoms with Crippen LogP contribution < -0.4 is 5.73 Å². The summed E-state index contributed by atoms with van der Waals surface area (Å²) in [6.45, 7) is 6.83. The first-order valence-corrected chi connectivity index (χ1v) is 6.86. The van der Waals surface area contributed by atoms with Crippen molar-refractivity contribution in [2.24, 2.45) is 0 Å². The van der Waals surface area contributed by atoms with Crippen molar-refractivity contribution in [1.82, 2.24) is 9.88 Å². The number of pyridine rings is 1. The Balaban J connectivity index is 2.30. The van der Waals surface area contributed by atoms with Crippen LogP contribution in [0.15, 0.2) is 24.5 Å². The number of aromatic nitrogens is 1. The van der Waals surface area contributed by atoms with E-state index < -0.39 is 11.7 Å². The fourth-order valence-electron chi connectivity index (χ4n) is 1.99. The zero-order valence-electron chi connectivity index (χ0n) is 12.6. The molecule has 2 rings (SSSR count). The molecule has 1 aliphatic heterocycles. The zero-order valence-corrected chi connectivity index (χ0v) is 12.6. The highest BCUT2D eigenvalue weighted by Crippen LogP contribution is 2.24. The van der Waals surface area contributed by atoms with Gasteiger partial charge in [0.1, 0.15) is 5.60 Å². The molecule has 0 aromatic carbocycles. The number of amides is 1. The molecule has 0 atom stereocenters. The fraction of sp³-hybridized carbons (Fsp3) is 0.467. The molecule has 1 aromatic heterocycles. The highest BCUT2D eigenvalue weighted by atomic mass is 16.6. The summed E-state index contributed by atoms with van der Waals surface area (Å²) in [5.41, 5.74) is 7.24. The predicted molar refractivity (Wildman–Crippen MR) is 80.4 cm³/mol. The second-order valence-corrected chi connectivity index (χ2v) is 5.80. The summed E-state index contributed by atoms with van der Waals surface area (Å²) in [5, 5.41) is 0. The number of hydrogen-bond acceptors (Lipinski definition) is 5. The first kappa shape index (κ1) is 15.3. The average molecular weight is 291 g/mol. The van der Waals surface area contributed by atoms with Gasteiger partial charge in [0.2, 0.25) is 0 Å². The molecule has 0 spiro atoms. The topological polar surface area (TPSA) is 77.7 Å². The minimum atomic E-state index is -0.552. The maximum Gasteiger partial charge on any atom is 0.414 e. The van der Waals surface area contributed by atoms with Gasteiger partial charge in [0, 0.05) is 18.0 Å². The lowest BCUT2D eigenvalue weighted by atomic mass is 10.1. The maximum absolute atomic E-state index is 12.4. The van der Waals surface area contributed by atoms with Gasteiger partial charge in [-0.25, -0.2) is 4.79 Å². The quantitative estimate of drug-likeness (QED) is 0.858. The van der Waals surface area contributed by atoms with E-state index in [1.807, 2.05) is 26.8 Å². The first-order valence-electron chi connectivity index (χ1n) is 6.86. The number of nitrogens with two attached hydrogens (primary N) is 1. The van der Waals surface area contributed by atoms with Gasteiger partial charge < -0.3 is 15.2 Å². The molecule has 6 heteroatoms. The first-order chi connectivity index (χ1) is 9.87. The average Bonchev–Trinajstić information content (AvgIpc) is 2.62. The van der Waals surface area contributed by atoms with E-state index in [9.17, 15) is 4.79 Å². The third kappa shape index (κ3) is 4.19. The van der Waals surface area contributed by atoms with Crippen molar-refractivity contribution >= 4 is 17.5 Å². The lowest BCUT2D eigenvalue weighted by Gasteiger charge is -2.28. The number of ether oxygens (including phenoxy) is 2. The third-order valence-corrected chi connectivity index (χ3v) is 2.81. The van der Waals surface area contributed by atoms with E-state index in [0.717, 1.165) is 5.56 Å². The van der Waals surface area contributed by atoms with Crippen LogP contribution in [0.25, 0.3) is 5.70 Å². The number of hydrogen-bond donors (Lipinski definition) is 1. The second kappa shape index (κ2) is 6.13. The van der Waals surface area contributed by atoms with Crippen LogP contribution >= 0.6 is 0 Å². The van der Waals surface area contributed by atoms with Crippen molar-refractivity contribution in [3.63, 3.8) is 0 Å². The lowest BCUT2D eigenvalue weighted by Crippen LogP contribution is -2.37. The van der Waals surface area contributed by atoms with E-state index in [4.69, 9.17) is 15.2 Å². The molecule has 114 valence electrons. The normalized spacial score (nSPS) is 16.1. The van der Waals surface area contributed by atoms with Crippen molar-refractivity contribution in [3.05, 3.63) is 30.1 Å². The van der Waals surface area contributed by atoms with E-state index in [-0.39, 0.29) is 0 Å². The SMILES string of the molecule is CC(C)(C)OC(=O)N1CCOCC=C1c1cncc(N)c1. The van der Waals surface area contributed by atoms with E-state index in [1.54, 1.807) is 23.4 Å². The van der Waals surface area contributed by atoms with Gasteiger partial charge in [0.15, 0.2) is 0 Å². The molecule has 0 bridgehead atoms. The van der Waals surface area contributed by atoms with Crippen LogP contribution in [0.4, 0.5) is 10.5 Å². The van der Waals surface area contributed by atoms with Gasteiger partial charge in [-0.1, -0.05) is 0 Å². The van der Waals surface area contributed by atoms with Crippen molar-refractivity contribution in [2.75, 3.05) is 25.5 Å². The Morgan fingerprint density at radius 2 is 2.19 bits per heavy atom. The molecular weight excluding hydrogens is 270 g/mol. The van der Waals surface area contributed by atoms with Crippen LogP contribution in [0.1, 0.15) is 26.3 Å². The number of carbonyl (C=O) groups excluding carboxylic acids is 1. The largest absolute Gasteiger partial charge is 0.443 e. The van der Waals surface area contributed by atoms with Crippen LogP contribution in [-0.4, -0.2) is 41.3 Å². The molecule has 6 nitrogen and oxygen atoms in total. The molecule has 1 aromatic rings. The number of nitrogen functional groups attached to an aromatic ring is 1. The van der Waals surface area contributed by atoms with Crippen molar-refractivity contribution in [3.8, 4) is 0 Å². The van der Waals surface area contributed by atoms with Gasteiger partial charge in [-0.2, -0.15) is 0 Å². The Labute approximate surface area is 124 Å². The van der Waals surface area contributed by atoms with Crippen LogP contribution in [0.3, 0.4) is 0 Å². The standard InChI is InChI=1S/C15H21N3O3/c1-15(2,3)21-14(19)18-5-7-20-6-4-13(18)11-8-12(16)10-17-9-11/h4,8-10H,5-7,16H2,1-3H3. The Bertz CT molecular complexity index is 549. The summed E-state index contributed by atoms with van der Waals surface area (Å²) in [7, 11) is 0. The summed E-state index contributed by atoms with van der Waals surface area (Å²) in [6, 6.07) is 1.78. The molecule has 0 saturated heterocycles. The van der Waals surface area contributed by atoms with Crippen LogP contribution in [0, 0.1) is 0 Å². The summed E-state index contributed by atoms with van der Waals surface area (Å²) in [5.74, 6) is 0. The van der Waals surface area contributed by atoms with E-state index in [2.05, 4.69) is 4.98 Å². The molecule has 0 fully saturated rings. The number of nitrogens with zero attached hydrogens (tertiary/aromatic N) is 2. The van der Waals surface area contributed by atoms with Crippen LogP contribution in [0.2, 0.25) is 0 Å². The number of anilines is 1. The Kier molecular flexibility index (Phi) is 4.47. The minimum absolute atomic E-state index is 0.401. The highest BCUT2D eigenvalue weighted by molar-refractivity contribution is 5.82. The van der Waals surface area contributed by atoms with E-state index in [0.29, 0.717) is 31.1 Å². The lowest BCUT2D eigenvalue weighted by molar-refractivity contribution is 0.0322. The number of carbonyl (C=O) groups is 1. The van der Waals surface area contributed by atoms with Gasteiger partial charge in [-0.05, 0) is 32.9 Å². The monoisotopic (exact) mass is 291 g/mol. The molecule has 0 radical (unpaired) electrons. The summed E-state index contributed by atoms with van der Waals surface area (Å²) < 4.78 is 10.9. The molecule has 21 heavy (non-hydrogen) atoms. The molecule has 2 N–H and O–H groups in total. The van der Waals surface area contributed by atoms with E-state index in [1.165, 1.54) is 0 Å².